The van der Waals surface area contributed by atoms with Gasteiger partial charge in [-0.15, -0.1) is 0 Å². The molecule has 4 nitrogen and oxygen atoms in total. The molecule has 0 aromatic heterocycles. The topological polar surface area (TPSA) is 49.4 Å². The van der Waals surface area contributed by atoms with Crippen molar-refractivity contribution in [3.8, 4) is 0 Å². The number of benzene rings is 3. The van der Waals surface area contributed by atoms with Gasteiger partial charge in [0.05, 0.1) is 6.42 Å². The van der Waals surface area contributed by atoms with E-state index in [1.807, 2.05) is 80.6 Å². The van der Waals surface area contributed by atoms with E-state index >= 15 is 0 Å². The van der Waals surface area contributed by atoms with E-state index in [0.717, 1.165) is 40.7 Å². The van der Waals surface area contributed by atoms with E-state index in [4.69, 9.17) is 11.6 Å². The van der Waals surface area contributed by atoms with Gasteiger partial charge in [0, 0.05) is 24.5 Å². The lowest BCUT2D eigenvalue weighted by atomic mass is 10.00. The van der Waals surface area contributed by atoms with Crippen molar-refractivity contribution in [3.05, 3.63) is 106 Å². The van der Waals surface area contributed by atoms with Gasteiger partial charge in [-0.05, 0) is 49.1 Å². The van der Waals surface area contributed by atoms with Crippen LogP contribution >= 0.6 is 11.6 Å². The van der Waals surface area contributed by atoms with E-state index in [1.165, 1.54) is 0 Å². The lowest BCUT2D eigenvalue weighted by Crippen LogP contribution is -2.51. The molecule has 0 saturated carbocycles. The molecule has 0 spiro atoms. The summed E-state index contributed by atoms with van der Waals surface area (Å²) in [6.45, 7) is 7.06. The number of nitrogens with one attached hydrogen (secondary N) is 1. The Morgan fingerprint density at radius 1 is 0.886 bits per heavy atom. The fraction of sp³-hybridized carbons (Fsp3) is 0.333. The highest BCUT2D eigenvalue weighted by atomic mass is 35.5. The van der Waals surface area contributed by atoms with E-state index in [2.05, 4.69) is 18.3 Å². The first kappa shape index (κ1) is 26.5. The quantitative estimate of drug-likeness (QED) is 0.332. The summed E-state index contributed by atoms with van der Waals surface area (Å²) in [5.41, 5.74) is 5.09. The van der Waals surface area contributed by atoms with Gasteiger partial charge in [0.2, 0.25) is 11.8 Å². The number of aryl methyl sites for hydroxylation is 2. The molecule has 0 saturated heterocycles. The van der Waals surface area contributed by atoms with Crippen molar-refractivity contribution in [1.82, 2.24) is 10.2 Å². The van der Waals surface area contributed by atoms with Crippen molar-refractivity contribution in [2.24, 2.45) is 0 Å². The van der Waals surface area contributed by atoms with Gasteiger partial charge >= 0.3 is 0 Å². The Hall–Kier alpha value is -3.11. The monoisotopic (exact) mass is 490 g/mol. The summed E-state index contributed by atoms with van der Waals surface area (Å²) in [6, 6.07) is 22.9. The summed E-state index contributed by atoms with van der Waals surface area (Å²) in [6.07, 6.45) is 2.56. The van der Waals surface area contributed by atoms with Gasteiger partial charge in [0.15, 0.2) is 0 Å². The van der Waals surface area contributed by atoms with Crippen LogP contribution in [0.15, 0.2) is 72.8 Å². The minimum absolute atomic E-state index is 0.0819. The standard InChI is InChI=1S/C30H35ClN2O2/c1-4-5-14-32-30(35)28(19-24-10-7-6-8-11-24)33(21-25-12-9-13-27(31)18-25)29(34)20-26-16-22(2)15-23(3)17-26/h6-13,15-18,28H,4-5,14,19-21H2,1-3H3,(H,32,35). The largest absolute Gasteiger partial charge is 0.354 e. The molecule has 35 heavy (non-hydrogen) atoms. The van der Waals surface area contributed by atoms with E-state index in [0.29, 0.717) is 24.5 Å². The van der Waals surface area contributed by atoms with Gasteiger partial charge in [-0.3, -0.25) is 9.59 Å². The van der Waals surface area contributed by atoms with Gasteiger partial charge < -0.3 is 10.2 Å². The van der Waals surface area contributed by atoms with Crippen LogP contribution in [0.1, 0.15) is 47.6 Å². The minimum atomic E-state index is -0.633. The maximum absolute atomic E-state index is 13.8. The first-order chi connectivity index (χ1) is 16.9. The number of amides is 2. The Bertz CT molecular complexity index is 1110. The second kappa shape index (κ2) is 13.1. The smallest absolute Gasteiger partial charge is 0.243 e. The summed E-state index contributed by atoms with van der Waals surface area (Å²) in [5, 5.41) is 3.67. The molecule has 3 aromatic rings. The molecule has 0 aliphatic carbocycles. The Morgan fingerprint density at radius 2 is 1.57 bits per heavy atom. The van der Waals surface area contributed by atoms with Crippen LogP contribution in [0, 0.1) is 13.8 Å². The van der Waals surface area contributed by atoms with Crippen LogP contribution in [0.2, 0.25) is 5.02 Å². The Kier molecular flexibility index (Phi) is 9.92. The lowest BCUT2D eigenvalue weighted by molar-refractivity contribution is -0.140. The van der Waals surface area contributed by atoms with E-state index in [1.54, 1.807) is 4.90 Å². The van der Waals surface area contributed by atoms with Crippen molar-refractivity contribution in [2.75, 3.05) is 6.54 Å². The summed E-state index contributed by atoms with van der Waals surface area (Å²) in [4.78, 5) is 29.0. The second-order valence-corrected chi connectivity index (χ2v) is 9.61. The zero-order valence-electron chi connectivity index (χ0n) is 20.9. The molecule has 3 rings (SSSR count). The van der Waals surface area contributed by atoms with E-state index in [9.17, 15) is 9.59 Å². The van der Waals surface area contributed by atoms with Crippen LogP contribution in [0.25, 0.3) is 0 Å². The number of carbonyl (C=O) groups excluding carboxylic acids is 2. The molecular formula is C30H35ClN2O2. The van der Waals surface area contributed by atoms with Crippen LogP contribution in [0.4, 0.5) is 0 Å². The predicted molar refractivity (Wildman–Crippen MR) is 143 cm³/mol. The summed E-state index contributed by atoms with van der Waals surface area (Å²) < 4.78 is 0. The maximum Gasteiger partial charge on any atom is 0.243 e. The third-order valence-corrected chi connectivity index (χ3v) is 6.21. The average molecular weight is 491 g/mol. The minimum Gasteiger partial charge on any atom is -0.354 e. The number of carbonyl (C=O) groups is 2. The molecule has 5 heteroatoms. The van der Waals surface area contributed by atoms with Gasteiger partial charge in [-0.25, -0.2) is 0 Å². The second-order valence-electron chi connectivity index (χ2n) is 9.17. The molecule has 0 bridgehead atoms. The van der Waals surface area contributed by atoms with Crippen molar-refractivity contribution in [1.29, 1.82) is 0 Å². The number of hydrogen-bond acceptors (Lipinski definition) is 2. The number of hydrogen-bond donors (Lipinski definition) is 1. The van der Waals surface area contributed by atoms with Gasteiger partial charge in [-0.2, -0.15) is 0 Å². The Morgan fingerprint density at radius 3 is 2.23 bits per heavy atom. The van der Waals surface area contributed by atoms with Gasteiger partial charge in [0.1, 0.15) is 6.04 Å². The van der Waals surface area contributed by atoms with Crippen molar-refractivity contribution < 1.29 is 9.59 Å². The first-order valence-corrected chi connectivity index (χ1v) is 12.7. The highest BCUT2D eigenvalue weighted by Gasteiger charge is 2.30. The molecular weight excluding hydrogens is 456 g/mol. The fourth-order valence-electron chi connectivity index (χ4n) is 4.34. The van der Waals surface area contributed by atoms with Crippen LogP contribution in [-0.4, -0.2) is 29.3 Å². The maximum atomic E-state index is 13.8. The average Bonchev–Trinajstić information content (AvgIpc) is 2.81. The molecule has 3 aromatic carbocycles. The number of rotatable bonds is 11. The Labute approximate surface area is 214 Å². The van der Waals surface area contributed by atoms with Crippen LogP contribution in [0.3, 0.4) is 0 Å². The van der Waals surface area contributed by atoms with Gasteiger partial charge in [-0.1, -0.05) is 96.7 Å². The summed E-state index contributed by atoms with van der Waals surface area (Å²) in [5.74, 6) is -0.209. The Balaban J connectivity index is 1.96. The van der Waals surface area contributed by atoms with Crippen LogP contribution in [0.5, 0.6) is 0 Å². The highest BCUT2D eigenvalue weighted by molar-refractivity contribution is 6.30. The third kappa shape index (κ3) is 8.25. The molecule has 1 N–H and O–H groups in total. The summed E-state index contributed by atoms with van der Waals surface area (Å²) >= 11 is 6.25. The molecule has 1 atom stereocenters. The summed E-state index contributed by atoms with van der Waals surface area (Å²) in [7, 11) is 0. The molecule has 0 aliphatic heterocycles. The zero-order chi connectivity index (χ0) is 25.2. The highest BCUT2D eigenvalue weighted by Crippen LogP contribution is 2.19. The van der Waals surface area contributed by atoms with Crippen LogP contribution < -0.4 is 5.32 Å². The van der Waals surface area contributed by atoms with Crippen LogP contribution in [-0.2, 0) is 29.0 Å². The molecule has 0 aliphatic rings. The van der Waals surface area contributed by atoms with Crippen molar-refractivity contribution in [2.45, 2.75) is 59.0 Å². The first-order valence-electron chi connectivity index (χ1n) is 12.3. The normalized spacial score (nSPS) is 11.7. The van der Waals surface area contributed by atoms with E-state index < -0.39 is 6.04 Å². The number of nitrogens with zero attached hydrogens (tertiary/aromatic N) is 1. The molecule has 0 fully saturated rings. The fourth-order valence-corrected chi connectivity index (χ4v) is 4.55. The number of unbranched alkanes of at least 4 members (excludes halogenated alkanes) is 1. The molecule has 0 heterocycles. The molecule has 2 amide bonds. The van der Waals surface area contributed by atoms with Crippen molar-refractivity contribution >= 4 is 23.4 Å². The van der Waals surface area contributed by atoms with Gasteiger partial charge in [0.25, 0.3) is 0 Å². The SMILES string of the molecule is CCCCNC(=O)C(Cc1ccccc1)N(Cc1cccc(Cl)c1)C(=O)Cc1cc(C)cc(C)c1. The predicted octanol–water partition coefficient (Wildman–Crippen LogP) is 6.06. The third-order valence-electron chi connectivity index (χ3n) is 5.98. The van der Waals surface area contributed by atoms with Crippen molar-refractivity contribution in [3.63, 3.8) is 0 Å². The van der Waals surface area contributed by atoms with E-state index in [-0.39, 0.29) is 18.2 Å². The zero-order valence-corrected chi connectivity index (χ0v) is 21.6. The molecule has 184 valence electrons. The lowest BCUT2D eigenvalue weighted by Gasteiger charge is -2.32. The number of halogens is 1. The molecule has 1 unspecified atom stereocenters. The molecule has 0 radical (unpaired) electrons.